The molecule has 1 aliphatic carbocycles. The van der Waals surface area contributed by atoms with Crippen LogP contribution in [-0.2, 0) is 39.7 Å². The zero-order valence-electron chi connectivity index (χ0n) is 32.0. The molecule has 0 radical (unpaired) electrons. The van der Waals surface area contributed by atoms with Crippen molar-refractivity contribution < 1.29 is 18.1 Å². The topological polar surface area (TPSA) is 44.8 Å². The quantitative estimate of drug-likeness (QED) is 0.111. The molecule has 0 spiro atoms. The molecule has 0 aliphatic heterocycles. The van der Waals surface area contributed by atoms with Gasteiger partial charge in [0.1, 0.15) is 5.75 Å². The maximum absolute atomic E-state index is 14.3. The van der Waals surface area contributed by atoms with E-state index in [-0.39, 0.29) is 13.2 Å². The minimum absolute atomic E-state index is 0.142. The molecule has 4 nitrogen and oxygen atoms in total. The molecule has 1 aliphatic rings. The number of hydrogen-bond acceptors (Lipinski definition) is 4. The molecule has 3 aromatic carbocycles. The van der Waals surface area contributed by atoms with Gasteiger partial charge in [-0.05, 0) is 109 Å². The summed E-state index contributed by atoms with van der Waals surface area (Å²) in [5.74, 6) is 3.14. The van der Waals surface area contributed by atoms with Gasteiger partial charge in [0.25, 0.3) is 0 Å². The number of benzene rings is 3. The van der Waals surface area contributed by atoms with Crippen molar-refractivity contribution in [1.29, 1.82) is 0 Å². The van der Waals surface area contributed by atoms with Crippen molar-refractivity contribution in [1.82, 2.24) is 0 Å². The number of phosphoric ester groups is 1. The maximum atomic E-state index is 14.3. The molecule has 49 heavy (non-hydrogen) atoms. The van der Waals surface area contributed by atoms with Crippen molar-refractivity contribution in [3.63, 3.8) is 0 Å². The minimum atomic E-state index is -3.95. The third kappa shape index (κ3) is 12.1. The van der Waals surface area contributed by atoms with E-state index in [2.05, 4.69) is 55.4 Å². The van der Waals surface area contributed by atoms with E-state index in [0.717, 1.165) is 59.3 Å². The fourth-order valence-electron chi connectivity index (χ4n) is 7.65. The molecule has 0 saturated heterocycles. The normalized spacial score (nSPS) is 17.6. The Morgan fingerprint density at radius 3 is 1.71 bits per heavy atom. The molecule has 3 unspecified atom stereocenters. The smallest absolute Gasteiger partial charge is 0.403 e. The second kappa shape index (κ2) is 18.7. The van der Waals surface area contributed by atoms with Gasteiger partial charge in [0, 0.05) is 0 Å². The summed E-state index contributed by atoms with van der Waals surface area (Å²) in [7, 11) is -3.95. The molecule has 270 valence electrons. The molecule has 0 heterocycles. The Bertz CT molecular complexity index is 1440. The van der Waals surface area contributed by atoms with Crippen LogP contribution >= 0.6 is 7.82 Å². The van der Waals surface area contributed by atoms with E-state index in [4.69, 9.17) is 13.6 Å². The summed E-state index contributed by atoms with van der Waals surface area (Å²) >= 11 is 0. The Kier molecular flexibility index (Phi) is 15.1. The summed E-state index contributed by atoms with van der Waals surface area (Å²) in [4.78, 5) is 0. The van der Waals surface area contributed by atoms with Gasteiger partial charge in [-0.1, -0.05) is 147 Å². The van der Waals surface area contributed by atoms with Crippen molar-refractivity contribution in [3.8, 4) is 5.75 Å². The third-order valence-corrected chi connectivity index (χ3v) is 12.4. The molecule has 3 aromatic rings. The van der Waals surface area contributed by atoms with Crippen LogP contribution in [0, 0.1) is 43.9 Å². The number of rotatable bonds is 20. The Morgan fingerprint density at radius 2 is 1.18 bits per heavy atom. The van der Waals surface area contributed by atoms with Crippen LogP contribution in [0.5, 0.6) is 5.75 Å². The van der Waals surface area contributed by atoms with Gasteiger partial charge in [-0.25, -0.2) is 4.57 Å². The van der Waals surface area contributed by atoms with Gasteiger partial charge < -0.3 is 4.52 Å². The molecule has 0 amide bonds. The molecule has 0 aromatic heterocycles. The summed E-state index contributed by atoms with van der Waals surface area (Å²) in [6.07, 6.45) is 15.4. The Hall–Kier alpha value is -2.39. The van der Waals surface area contributed by atoms with E-state index in [1.807, 2.05) is 60.7 Å². The zero-order valence-corrected chi connectivity index (χ0v) is 32.9. The first-order valence-electron chi connectivity index (χ1n) is 19.2. The first-order chi connectivity index (χ1) is 23.4. The number of phosphoric acid groups is 1. The number of fused-ring (bicyclic) bond motifs is 1. The first-order valence-corrected chi connectivity index (χ1v) is 20.6. The van der Waals surface area contributed by atoms with E-state index in [9.17, 15) is 4.57 Å². The average Bonchev–Trinajstić information content (AvgIpc) is 3.08. The fraction of sp³-hybridized carbons (Fsp3) is 0.591. The van der Waals surface area contributed by atoms with Crippen molar-refractivity contribution in [2.75, 3.05) is 0 Å². The highest BCUT2D eigenvalue weighted by Gasteiger charge is 2.36. The molecule has 5 heteroatoms. The predicted octanol–water partition coefficient (Wildman–Crippen LogP) is 13.5. The molecule has 0 N–H and O–H groups in total. The van der Waals surface area contributed by atoms with Crippen LogP contribution in [0.2, 0.25) is 0 Å². The van der Waals surface area contributed by atoms with E-state index in [1.165, 1.54) is 74.5 Å². The zero-order chi connectivity index (χ0) is 35.4. The Balaban J connectivity index is 1.38. The van der Waals surface area contributed by atoms with Crippen molar-refractivity contribution in [2.24, 2.45) is 23.2 Å². The Morgan fingerprint density at radius 1 is 0.673 bits per heavy atom. The summed E-state index contributed by atoms with van der Waals surface area (Å²) < 4.78 is 32.7. The molecule has 3 atom stereocenters. The SMILES string of the molecule is Cc1c(C)c(OP(=O)(OCc2ccccc2)OCc2ccccc2)c(C)c2c1CC(C)(CCCC(C)CCCC(C)CCCC(C)C)CC2. The van der Waals surface area contributed by atoms with Crippen molar-refractivity contribution in [2.45, 2.75) is 146 Å². The second-order valence-corrected chi connectivity index (χ2v) is 17.7. The summed E-state index contributed by atoms with van der Waals surface area (Å²) in [5.41, 5.74) is 8.29. The average molecular weight is 689 g/mol. The fourth-order valence-corrected chi connectivity index (χ4v) is 8.94. The van der Waals surface area contributed by atoms with Gasteiger partial charge in [0.05, 0.1) is 13.2 Å². The van der Waals surface area contributed by atoms with Gasteiger partial charge in [0.15, 0.2) is 0 Å². The lowest BCUT2D eigenvalue weighted by Gasteiger charge is -2.38. The maximum Gasteiger partial charge on any atom is 0.530 e. The van der Waals surface area contributed by atoms with Crippen molar-refractivity contribution in [3.05, 3.63) is 99.6 Å². The first kappa shape index (κ1) is 39.4. The molecule has 4 rings (SSSR count). The Labute approximate surface area is 299 Å². The number of hydrogen-bond donors (Lipinski definition) is 0. The summed E-state index contributed by atoms with van der Waals surface area (Å²) in [6, 6.07) is 19.5. The van der Waals surface area contributed by atoms with E-state index in [1.54, 1.807) is 0 Å². The van der Waals surface area contributed by atoms with Gasteiger partial charge in [0.2, 0.25) is 0 Å². The van der Waals surface area contributed by atoms with Gasteiger partial charge >= 0.3 is 7.82 Å². The van der Waals surface area contributed by atoms with E-state index in [0.29, 0.717) is 11.2 Å². The lowest BCUT2D eigenvalue weighted by Crippen LogP contribution is -2.27. The summed E-state index contributed by atoms with van der Waals surface area (Å²) in [6.45, 7) is 18.8. The van der Waals surface area contributed by atoms with Crippen LogP contribution in [0.15, 0.2) is 60.7 Å². The lowest BCUT2D eigenvalue weighted by molar-refractivity contribution is 0.142. The lowest BCUT2D eigenvalue weighted by atomic mass is 9.68. The molecule has 0 saturated carbocycles. The van der Waals surface area contributed by atoms with Crippen molar-refractivity contribution >= 4 is 7.82 Å². The third-order valence-electron chi connectivity index (χ3n) is 11.1. The van der Waals surface area contributed by atoms with Crippen LogP contribution < -0.4 is 4.52 Å². The molecular weight excluding hydrogens is 623 g/mol. The highest BCUT2D eigenvalue weighted by atomic mass is 31.2. The molecule has 0 fully saturated rings. The van der Waals surface area contributed by atoms with E-state index < -0.39 is 7.82 Å². The van der Waals surface area contributed by atoms with Crippen LogP contribution in [-0.4, -0.2) is 0 Å². The minimum Gasteiger partial charge on any atom is -0.403 e. The highest BCUT2D eigenvalue weighted by Crippen LogP contribution is 2.54. The second-order valence-electron chi connectivity index (χ2n) is 16.1. The van der Waals surface area contributed by atoms with Crippen LogP contribution in [0.3, 0.4) is 0 Å². The van der Waals surface area contributed by atoms with Crippen LogP contribution in [0.1, 0.15) is 138 Å². The van der Waals surface area contributed by atoms with Gasteiger partial charge in [-0.2, -0.15) is 0 Å². The highest BCUT2D eigenvalue weighted by molar-refractivity contribution is 7.48. The predicted molar refractivity (Wildman–Crippen MR) is 206 cm³/mol. The molecule has 0 bridgehead atoms. The molecular formula is C44H65O4P. The summed E-state index contributed by atoms with van der Waals surface area (Å²) in [5, 5.41) is 0. The van der Waals surface area contributed by atoms with Crippen LogP contribution in [0.25, 0.3) is 0 Å². The van der Waals surface area contributed by atoms with Gasteiger partial charge in [-0.3, -0.25) is 9.05 Å². The largest absolute Gasteiger partial charge is 0.530 e. The van der Waals surface area contributed by atoms with E-state index >= 15 is 0 Å². The van der Waals surface area contributed by atoms with Crippen LogP contribution in [0.4, 0.5) is 0 Å². The standard InChI is InChI=1S/C44H65O4P/c1-33(2)18-15-19-34(3)20-16-21-35(4)22-17-28-44(8)29-27-41-38(7)43(37(6)36(5)42(41)30-44)48-49(45,46-31-39-23-11-9-12-24-39)47-32-40-25-13-10-14-26-40/h9-14,23-26,33-35H,15-22,27-32H2,1-8H3. The van der Waals surface area contributed by atoms with Gasteiger partial charge in [-0.15, -0.1) is 0 Å². The monoisotopic (exact) mass is 688 g/mol.